The Morgan fingerprint density at radius 2 is 2.13 bits per heavy atom. The molecule has 0 spiro atoms. The molecule has 1 amide bonds. The number of aromatic nitrogens is 3. The molecule has 0 aliphatic heterocycles. The number of rotatable bonds is 8. The molecule has 3 rings (SSSR count). The van der Waals surface area contributed by atoms with Crippen LogP contribution in [-0.4, -0.2) is 39.1 Å². The van der Waals surface area contributed by atoms with Crippen molar-refractivity contribution in [2.24, 2.45) is 11.8 Å². The number of para-hydroxylation sites is 1. The van der Waals surface area contributed by atoms with E-state index in [1.54, 1.807) is 7.11 Å². The monoisotopic (exact) mass is 428 g/mol. The third-order valence-electron chi connectivity index (χ3n) is 6.06. The lowest BCUT2D eigenvalue weighted by atomic mass is 9.78. The minimum absolute atomic E-state index is 0.0537. The van der Waals surface area contributed by atoms with Crippen molar-refractivity contribution in [2.75, 3.05) is 7.11 Å². The summed E-state index contributed by atoms with van der Waals surface area (Å²) < 4.78 is 7.46. The number of nitrogens with one attached hydrogen (secondary N) is 1. The van der Waals surface area contributed by atoms with Crippen molar-refractivity contribution in [3.05, 3.63) is 36.9 Å². The number of hydrogen-bond donors (Lipinski definition) is 1. The molecular weight excluding hydrogens is 396 g/mol. The van der Waals surface area contributed by atoms with Crippen LogP contribution in [0.25, 0.3) is 11.4 Å². The Kier molecular flexibility index (Phi) is 7.58. The first-order valence-corrected chi connectivity index (χ1v) is 11.5. The van der Waals surface area contributed by atoms with Gasteiger partial charge >= 0.3 is 0 Å². The van der Waals surface area contributed by atoms with Crippen molar-refractivity contribution in [3.8, 4) is 17.1 Å². The zero-order valence-electron chi connectivity index (χ0n) is 18.3. The smallest absolute Gasteiger partial charge is 0.233 e. The Labute approximate surface area is 183 Å². The topological polar surface area (TPSA) is 69.0 Å². The van der Waals surface area contributed by atoms with Gasteiger partial charge in [-0.2, -0.15) is 0 Å². The summed E-state index contributed by atoms with van der Waals surface area (Å²) in [6.07, 6.45) is 5.28. The van der Waals surface area contributed by atoms with Crippen LogP contribution in [0.15, 0.2) is 42.1 Å². The van der Waals surface area contributed by atoms with Crippen LogP contribution in [0.2, 0.25) is 0 Å². The second-order valence-electron chi connectivity index (χ2n) is 8.05. The highest BCUT2D eigenvalue weighted by Gasteiger charge is 2.30. The largest absolute Gasteiger partial charge is 0.496 e. The molecule has 2 aromatic rings. The third kappa shape index (κ3) is 4.89. The molecule has 4 atom stereocenters. The van der Waals surface area contributed by atoms with Gasteiger partial charge in [0.25, 0.3) is 0 Å². The Hall–Kier alpha value is -2.28. The average Bonchev–Trinajstić information content (AvgIpc) is 3.13. The van der Waals surface area contributed by atoms with E-state index in [1.165, 1.54) is 24.6 Å². The highest BCUT2D eigenvalue weighted by molar-refractivity contribution is 8.00. The molecule has 1 aromatic carbocycles. The summed E-state index contributed by atoms with van der Waals surface area (Å²) in [5, 5.41) is 12.5. The van der Waals surface area contributed by atoms with Gasteiger partial charge < -0.3 is 10.1 Å². The highest BCUT2D eigenvalue weighted by atomic mass is 32.2. The molecule has 1 aliphatic rings. The molecular formula is C23H32N4O2S. The van der Waals surface area contributed by atoms with E-state index in [0.717, 1.165) is 17.7 Å². The van der Waals surface area contributed by atoms with Crippen molar-refractivity contribution < 1.29 is 9.53 Å². The lowest BCUT2D eigenvalue weighted by molar-refractivity contribution is -0.121. The molecule has 30 heavy (non-hydrogen) atoms. The summed E-state index contributed by atoms with van der Waals surface area (Å²) in [4.78, 5) is 12.9. The van der Waals surface area contributed by atoms with Gasteiger partial charge in [-0.25, -0.2) is 0 Å². The molecule has 1 fully saturated rings. The van der Waals surface area contributed by atoms with Gasteiger partial charge in [-0.1, -0.05) is 56.7 Å². The summed E-state index contributed by atoms with van der Waals surface area (Å²) in [6.45, 7) is 10.9. The second kappa shape index (κ2) is 10.2. The van der Waals surface area contributed by atoms with Gasteiger partial charge in [0.15, 0.2) is 11.0 Å². The Bertz CT molecular complexity index is 882. The van der Waals surface area contributed by atoms with Gasteiger partial charge in [-0.15, -0.1) is 16.8 Å². The van der Waals surface area contributed by atoms with Crippen molar-refractivity contribution in [1.29, 1.82) is 0 Å². The Morgan fingerprint density at radius 3 is 2.87 bits per heavy atom. The van der Waals surface area contributed by atoms with E-state index in [2.05, 4.69) is 35.9 Å². The summed E-state index contributed by atoms with van der Waals surface area (Å²) in [5.41, 5.74) is 0.864. The molecule has 6 nitrogen and oxygen atoms in total. The van der Waals surface area contributed by atoms with Crippen LogP contribution in [0.5, 0.6) is 5.75 Å². The Morgan fingerprint density at radius 1 is 1.37 bits per heavy atom. The number of carbonyl (C=O) groups is 1. The summed E-state index contributed by atoms with van der Waals surface area (Å²) in [5.74, 6) is 2.64. The quantitative estimate of drug-likeness (QED) is 0.493. The number of methoxy groups -OCH3 is 1. The minimum atomic E-state index is -0.271. The summed E-state index contributed by atoms with van der Waals surface area (Å²) >= 11 is 1.43. The fourth-order valence-electron chi connectivity index (χ4n) is 4.00. The molecule has 162 valence electrons. The van der Waals surface area contributed by atoms with Crippen LogP contribution >= 0.6 is 11.8 Å². The molecule has 1 aliphatic carbocycles. The molecule has 0 bridgehead atoms. The fourth-order valence-corrected chi connectivity index (χ4v) is 4.86. The van der Waals surface area contributed by atoms with Crippen LogP contribution < -0.4 is 10.1 Å². The number of thioether (sulfide) groups is 1. The van der Waals surface area contributed by atoms with Crippen LogP contribution in [-0.2, 0) is 11.3 Å². The maximum Gasteiger partial charge on any atom is 0.233 e. The van der Waals surface area contributed by atoms with Gasteiger partial charge in [0.2, 0.25) is 5.91 Å². The van der Waals surface area contributed by atoms with Gasteiger partial charge in [-0.3, -0.25) is 9.36 Å². The average molecular weight is 429 g/mol. The maximum atomic E-state index is 12.9. The predicted molar refractivity (Wildman–Crippen MR) is 122 cm³/mol. The van der Waals surface area contributed by atoms with Crippen molar-refractivity contribution in [3.63, 3.8) is 0 Å². The number of ether oxygens (including phenoxy) is 1. The number of benzene rings is 1. The van der Waals surface area contributed by atoms with Crippen molar-refractivity contribution >= 4 is 17.7 Å². The molecule has 0 unspecified atom stereocenters. The van der Waals surface area contributed by atoms with Crippen LogP contribution in [0.1, 0.15) is 40.0 Å². The first-order chi connectivity index (χ1) is 14.5. The molecule has 0 radical (unpaired) electrons. The number of nitrogens with zero attached hydrogens (tertiary/aromatic N) is 3. The predicted octanol–water partition coefficient (Wildman–Crippen LogP) is 4.56. The van der Waals surface area contributed by atoms with Crippen LogP contribution in [0.3, 0.4) is 0 Å². The lowest BCUT2D eigenvalue weighted by Crippen LogP contribution is -2.46. The van der Waals surface area contributed by atoms with Crippen molar-refractivity contribution in [2.45, 2.75) is 63.0 Å². The summed E-state index contributed by atoms with van der Waals surface area (Å²) in [6, 6.07) is 7.97. The van der Waals surface area contributed by atoms with E-state index in [4.69, 9.17) is 4.74 Å². The van der Waals surface area contributed by atoms with E-state index in [0.29, 0.717) is 29.4 Å². The second-order valence-corrected chi connectivity index (χ2v) is 9.36. The SMILES string of the molecule is C=CCn1c(S[C@H](C)C(=O)N[C@@H]2CCC[C@@H](C)[C@H]2C)nnc1-c1ccccc1OC. The zero-order chi connectivity index (χ0) is 21.7. The van der Waals surface area contributed by atoms with Crippen molar-refractivity contribution in [1.82, 2.24) is 20.1 Å². The summed E-state index contributed by atoms with van der Waals surface area (Å²) in [7, 11) is 1.64. The number of amides is 1. The van der Waals surface area contributed by atoms with E-state index < -0.39 is 0 Å². The third-order valence-corrected chi connectivity index (χ3v) is 7.14. The van der Waals surface area contributed by atoms with E-state index in [-0.39, 0.29) is 17.2 Å². The number of allylic oxidation sites excluding steroid dienone is 1. The standard InChI is InChI=1S/C23H32N4O2S/c1-6-14-27-21(18-11-7-8-13-20(18)29-5)25-26-23(27)30-17(4)22(28)24-19-12-9-10-15(2)16(19)3/h6-8,11,13,15-17,19H,1,9-10,12,14H2,2-5H3,(H,24,28)/t15-,16-,17-,19-/m1/s1. The molecule has 0 saturated heterocycles. The first kappa shape index (κ1) is 22.4. The first-order valence-electron chi connectivity index (χ1n) is 10.6. The van der Waals surface area contributed by atoms with Gasteiger partial charge in [-0.05, 0) is 37.3 Å². The minimum Gasteiger partial charge on any atom is -0.496 e. The van der Waals surface area contributed by atoms with Gasteiger partial charge in [0.1, 0.15) is 5.75 Å². The van der Waals surface area contributed by atoms with Gasteiger partial charge in [0.05, 0.1) is 17.9 Å². The molecule has 1 saturated carbocycles. The zero-order valence-corrected chi connectivity index (χ0v) is 19.1. The van der Waals surface area contributed by atoms with E-state index in [9.17, 15) is 4.79 Å². The lowest BCUT2D eigenvalue weighted by Gasteiger charge is -2.35. The van der Waals surface area contributed by atoms with Crippen LogP contribution in [0, 0.1) is 11.8 Å². The fraction of sp³-hybridized carbons (Fsp3) is 0.522. The van der Waals surface area contributed by atoms with Crippen LogP contribution in [0.4, 0.5) is 0 Å². The molecule has 1 aromatic heterocycles. The molecule has 1 heterocycles. The number of hydrogen-bond acceptors (Lipinski definition) is 5. The number of carbonyl (C=O) groups excluding carboxylic acids is 1. The van der Waals surface area contributed by atoms with Gasteiger partial charge in [0, 0.05) is 12.6 Å². The highest BCUT2D eigenvalue weighted by Crippen LogP contribution is 2.33. The Balaban J connectivity index is 1.76. The normalized spacial score (nSPS) is 22.3. The molecule has 7 heteroatoms. The maximum absolute atomic E-state index is 12.9. The van der Waals surface area contributed by atoms with E-state index >= 15 is 0 Å². The molecule has 1 N–H and O–H groups in total. The van der Waals surface area contributed by atoms with E-state index in [1.807, 2.05) is 41.8 Å².